The van der Waals surface area contributed by atoms with Crippen molar-refractivity contribution in [3.05, 3.63) is 59.7 Å². The third-order valence-electron chi connectivity index (χ3n) is 7.43. The third-order valence-corrected chi connectivity index (χ3v) is 7.43. The summed E-state index contributed by atoms with van der Waals surface area (Å²) in [5.74, 6) is 0.345. The Bertz CT molecular complexity index is 896. The Balaban J connectivity index is 1.43. The summed E-state index contributed by atoms with van der Waals surface area (Å²) in [5, 5.41) is 20.4. The maximum atomic E-state index is 13.3. The molecule has 2 aromatic rings. The smallest absolute Gasteiger partial charge is 0.261 e. The molecule has 0 radical (unpaired) electrons. The number of aromatic hydroxyl groups is 2. The van der Waals surface area contributed by atoms with Crippen molar-refractivity contribution < 1.29 is 15.0 Å². The molecule has 5 rings (SSSR count). The number of carbonyl (C=O) groups excluding carboxylic acids is 1. The molecule has 4 atom stereocenters. The van der Waals surface area contributed by atoms with Gasteiger partial charge in [0.25, 0.3) is 5.91 Å². The highest BCUT2D eigenvalue weighted by Crippen LogP contribution is 2.43. The Hall–Kier alpha value is -2.53. The van der Waals surface area contributed by atoms with Crippen LogP contribution in [0.2, 0.25) is 0 Å². The zero-order valence-electron chi connectivity index (χ0n) is 17.3. The topological polar surface area (TPSA) is 64.0 Å². The molecule has 2 aromatic carbocycles. The van der Waals surface area contributed by atoms with E-state index >= 15 is 0 Å². The highest BCUT2D eigenvalue weighted by atomic mass is 16.3. The molecule has 2 N–H and O–H groups in total. The van der Waals surface area contributed by atoms with E-state index in [4.69, 9.17) is 0 Å². The van der Waals surface area contributed by atoms with Crippen LogP contribution in [0.3, 0.4) is 0 Å². The van der Waals surface area contributed by atoms with Crippen LogP contribution >= 0.6 is 0 Å². The van der Waals surface area contributed by atoms with Crippen LogP contribution in [0, 0.1) is 11.8 Å². The lowest BCUT2D eigenvalue weighted by molar-refractivity contribution is -0.0643. The number of amides is 1. The van der Waals surface area contributed by atoms with Crippen LogP contribution in [0.5, 0.6) is 11.5 Å². The minimum atomic E-state index is -0.247. The first-order valence-corrected chi connectivity index (χ1v) is 11.2. The molecule has 0 spiro atoms. The molecule has 3 aliphatic heterocycles. The van der Waals surface area contributed by atoms with Gasteiger partial charge in [0, 0.05) is 25.2 Å². The lowest BCUT2D eigenvalue weighted by Gasteiger charge is -2.57. The van der Waals surface area contributed by atoms with Gasteiger partial charge in [0.1, 0.15) is 17.1 Å². The van der Waals surface area contributed by atoms with Gasteiger partial charge in [-0.2, -0.15) is 0 Å². The van der Waals surface area contributed by atoms with Crippen LogP contribution in [0.1, 0.15) is 41.6 Å². The van der Waals surface area contributed by atoms with Crippen molar-refractivity contribution >= 4 is 5.91 Å². The molecule has 5 nitrogen and oxygen atoms in total. The summed E-state index contributed by atoms with van der Waals surface area (Å²) in [7, 11) is 0. The van der Waals surface area contributed by atoms with Crippen LogP contribution in [0.4, 0.5) is 0 Å². The van der Waals surface area contributed by atoms with Gasteiger partial charge in [-0.1, -0.05) is 42.8 Å². The van der Waals surface area contributed by atoms with Gasteiger partial charge in [-0.05, 0) is 61.8 Å². The number of rotatable bonds is 3. The van der Waals surface area contributed by atoms with Gasteiger partial charge in [0.2, 0.25) is 0 Å². The Morgan fingerprint density at radius 2 is 1.67 bits per heavy atom. The Labute approximate surface area is 177 Å². The van der Waals surface area contributed by atoms with Gasteiger partial charge in [-0.3, -0.25) is 9.69 Å². The number of nitrogens with zero attached hydrogens (tertiary/aromatic N) is 2. The second kappa shape index (κ2) is 7.95. The predicted octanol–water partition coefficient (Wildman–Crippen LogP) is 3.66. The maximum Gasteiger partial charge on any atom is 0.261 e. The molecule has 0 saturated carbocycles. The van der Waals surface area contributed by atoms with Crippen LogP contribution in [0.25, 0.3) is 0 Å². The summed E-state index contributed by atoms with van der Waals surface area (Å²) in [6, 6.07) is 16.1. The first-order chi connectivity index (χ1) is 14.6. The standard InChI is InChI=1S/C25H30N2O3/c28-22-10-6-11-23(29)24(22)25(30)26-15-18-14-19(16-26)21(13-17-7-2-1-3-8-17)27-12-5-4-9-20(18)27/h1-3,6-8,10-11,18-21,28-29H,4-5,9,12-16H2/t18-,19+,20+,21+/m1/s1. The van der Waals surface area contributed by atoms with Crippen LogP contribution in [-0.4, -0.2) is 57.6 Å². The number of carbonyl (C=O) groups is 1. The summed E-state index contributed by atoms with van der Waals surface area (Å²) in [6.45, 7) is 2.55. The number of phenolic OH excluding ortho intramolecular Hbond substituents is 2. The lowest BCUT2D eigenvalue weighted by atomic mass is 9.71. The molecular weight excluding hydrogens is 376 g/mol. The number of hydrogen-bond donors (Lipinski definition) is 2. The molecule has 3 heterocycles. The van der Waals surface area contributed by atoms with E-state index in [0.717, 1.165) is 19.4 Å². The Kier molecular flexibility index (Phi) is 5.15. The molecule has 3 aliphatic rings. The number of benzene rings is 2. The molecule has 0 unspecified atom stereocenters. The number of likely N-dealkylation sites (tertiary alicyclic amines) is 1. The minimum Gasteiger partial charge on any atom is -0.507 e. The molecule has 30 heavy (non-hydrogen) atoms. The van der Waals surface area contributed by atoms with Crippen molar-refractivity contribution in [1.29, 1.82) is 0 Å². The second-order valence-corrected chi connectivity index (χ2v) is 9.20. The zero-order chi connectivity index (χ0) is 20.7. The highest BCUT2D eigenvalue weighted by molar-refractivity contribution is 5.99. The molecule has 158 valence electrons. The summed E-state index contributed by atoms with van der Waals surface area (Å²) < 4.78 is 0. The van der Waals surface area contributed by atoms with Crippen molar-refractivity contribution in [2.45, 2.75) is 44.2 Å². The van der Waals surface area contributed by atoms with E-state index in [2.05, 4.69) is 35.2 Å². The summed E-state index contributed by atoms with van der Waals surface area (Å²) in [4.78, 5) is 17.9. The van der Waals surface area contributed by atoms with E-state index in [1.165, 1.54) is 37.0 Å². The van der Waals surface area contributed by atoms with Gasteiger partial charge >= 0.3 is 0 Å². The average molecular weight is 407 g/mol. The molecule has 5 heteroatoms. The summed E-state index contributed by atoms with van der Waals surface area (Å²) >= 11 is 0. The molecular formula is C25H30N2O3. The SMILES string of the molecule is O=C(c1c(O)cccc1O)N1C[C@H]2C[C@@H](C1)[C@H](Cc1ccccc1)N1CCCC[C@@H]21. The molecule has 2 bridgehead atoms. The average Bonchev–Trinajstić information content (AvgIpc) is 2.77. The molecule has 0 aromatic heterocycles. The fraction of sp³-hybridized carbons (Fsp3) is 0.480. The highest BCUT2D eigenvalue weighted by Gasteiger charge is 2.48. The number of piperidine rings is 3. The first kappa shape index (κ1) is 19.4. The summed E-state index contributed by atoms with van der Waals surface area (Å²) in [6.07, 6.45) is 5.89. The van der Waals surface area contributed by atoms with Crippen molar-refractivity contribution in [2.24, 2.45) is 11.8 Å². The normalized spacial score (nSPS) is 28.7. The number of fused-ring (bicyclic) bond motifs is 4. The van der Waals surface area contributed by atoms with E-state index < -0.39 is 0 Å². The van der Waals surface area contributed by atoms with Gasteiger partial charge < -0.3 is 15.1 Å². The van der Waals surface area contributed by atoms with Crippen molar-refractivity contribution in [2.75, 3.05) is 19.6 Å². The van der Waals surface area contributed by atoms with Crippen molar-refractivity contribution in [3.63, 3.8) is 0 Å². The van der Waals surface area contributed by atoms with Crippen molar-refractivity contribution in [1.82, 2.24) is 9.80 Å². The van der Waals surface area contributed by atoms with Gasteiger partial charge in [0.05, 0.1) is 0 Å². The predicted molar refractivity (Wildman–Crippen MR) is 116 cm³/mol. The second-order valence-electron chi connectivity index (χ2n) is 9.20. The van der Waals surface area contributed by atoms with Gasteiger partial charge in [-0.15, -0.1) is 0 Å². The van der Waals surface area contributed by atoms with E-state index in [1.807, 2.05) is 4.90 Å². The molecule has 3 saturated heterocycles. The van der Waals surface area contributed by atoms with E-state index in [9.17, 15) is 15.0 Å². The number of phenols is 2. The largest absolute Gasteiger partial charge is 0.507 e. The molecule has 3 fully saturated rings. The molecule has 0 aliphatic carbocycles. The Morgan fingerprint density at radius 3 is 2.43 bits per heavy atom. The fourth-order valence-electron chi connectivity index (χ4n) is 6.12. The quantitative estimate of drug-likeness (QED) is 0.817. The van der Waals surface area contributed by atoms with E-state index in [-0.39, 0.29) is 23.0 Å². The van der Waals surface area contributed by atoms with Crippen molar-refractivity contribution in [3.8, 4) is 11.5 Å². The van der Waals surface area contributed by atoms with Gasteiger partial charge in [0.15, 0.2) is 0 Å². The van der Waals surface area contributed by atoms with Gasteiger partial charge in [-0.25, -0.2) is 0 Å². The molecule has 1 amide bonds. The van der Waals surface area contributed by atoms with E-state index in [0.29, 0.717) is 37.0 Å². The maximum absolute atomic E-state index is 13.3. The van der Waals surface area contributed by atoms with Crippen LogP contribution < -0.4 is 0 Å². The Morgan fingerprint density at radius 1 is 0.933 bits per heavy atom. The summed E-state index contributed by atoms with van der Waals surface area (Å²) in [5.41, 5.74) is 1.39. The first-order valence-electron chi connectivity index (χ1n) is 11.2. The third kappa shape index (κ3) is 3.45. The number of hydrogen-bond acceptors (Lipinski definition) is 4. The fourth-order valence-corrected chi connectivity index (χ4v) is 6.12. The van der Waals surface area contributed by atoms with Crippen LogP contribution in [-0.2, 0) is 6.42 Å². The monoisotopic (exact) mass is 406 g/mol. The minimum absolute atomic E-state index is 0.0394. The zero-order valence-corrected chi connectivity index (χ0v) is 17.3. The van der Waals surface area contributed by atoms with Crippen LogP contribution in [0.15, 0.2) is 48.5 Å². The van der Waals surface area contributed by atoms with E-state index in [1.54, 1.807) is 6.07 Å². The lowest BCUT2D eigenvalue weighted by Crippen LogP contribution is -2.64.